The Balaban J connectivity index is 2.57. The molecule has 0 aliphatic heterocycles. The van der Waals surface area contributed by atoms with Gasteiger partial charge in [0.2, 0.25) is 0 Å². The first-order valence-electron chi connectivity index (χ1n) is 6.41. The van der Waals surface area contributed by atoms with Gasteiger partial charge in [-0.15, -0.1) is 0 Å². The van der Waals surface area contributed by atoms with Crippen LogP contribution in [0.25, 0.3) is 10.9 Å². The summed E-state index contributed by atoms with van der Waals surface area (Å²) in [5.41, 5.74) is 3.57. The number of rotatable bonds is 4. The van der Waals surface area contributed by atoms with E-state index < -0.39 is 0 Å². The lowest BCUT2D eigenvalue weighted by Gasteiger charge is -2.12. The van der Waals surface area contributed by atoms with E-state index in [4.69, 9.17) is 4.98 Å². The van der Waals surface area contributed by atoms with E-state index in [-0.39, 0.29) is 0 Å². The second-order valence-electron chi connectivity index (χ2n) is 4.80. The van der Waals surface area contributed by atoms with Crippen molar-refractivity contribution in [3.8, 4) is 0 Å². The van der Waals surface area contributed by atoms with Crippen molar-refractivity contribution >= 4 is 26.8 Å². The average Bonchev–Trinajstić information content (AvgIpc) is 2.35. The molecule has 0 unspecified atom stereocenters. The normalized spacial score (nSPS) is 11.4. The van der Waals surface area contributed by atoms with Crippen molar-refractivity contribution in [3.63, 3.8) is 0 Å². The second-order valence-corrected chi connectivity index (χ2v) is 5.72. The predicted octanol–water partition coefficient (Wildman–Crippen LogP) is 4.23. The Kier molecular flexibility index (Phi) is 4.36. The van der Waals surface area contributed by atoms with Crippen molar-refractivity contribution in [3.05, 3.63) is 40.0 Å². The summed E-state index contributed by atoms with van der Waals surface area (Å²) >= 11 is 3.53. The van der Waals surface area contributed by atoms with Crippen molar-refractivity contribution in [1.82, 2.24) is 10.3 Å². The minimum absolute atomic E-state index is 0.457. The van der Waals surface area contributed by atoms with Crippen LogP contribution in [0.15, 0.2) is 28.7 Å². The summed E-state index contributed by atoms with van der Waals surface area (Å²) in [5.74, 6) is 0.457. The maximum absolute atomic E-state index is 4.74. The van der Waals surface area contributed by atoms with E-state index in [0.717, 1.165) is 28.8 Å². The molecule has 0 saturated carbocycles. The topological polar surface area (TPSA) is 24.9 Å². The van der Waals surface area contributed by atoms with Crippen molar-refractivity contribution in [2.24, 2.45) is 0 Å². The molecular formula is C15H19BrN2. The summed E-state index contributed by atoms with van der Waals surface area (Å²) in [5, 5.41) is 4.63. The molecule has 0 spiro atoms. The van der Waals surface area contributed by atoms with Crippen LogP contribution >= 0.6 is 15.9 Å². The van der Waals surface area contributed by atoms with Gasteiger partial charge >= 0.3 is 0 Å². The van der Waals surface area contributed by atoms with Gasteiger partial charge in [-0.3, -0.25) is 4.98 Å². The average molecular weight is 307 g/mol. The van der Waals surface area contributed by atoms with Crippen molar-refractivity contribution in [2.75, 3.05) is 6.54 Å². The number of fused-ring (bicyclic) bond motifs is 1. The highest BCUT2D eigenvalue weighted by molar-refractivity contribution is 9.10. The highest BCUT2D eigenvalue weighted by Crippen LogP contribution is 2.25. The molecule has 0 amide bonds. The molecule has 1 aromatic heterocycles. The third-order valence-electron chi connectivity index (χ3n) is 3.03. The van der Waals surface area contributed by atoms with Gasteiger partial charge in [0, 0.05) is 22.1 Å². The lowest BCUT2D eigenvalue weighted by atomic mass is 10.0. The number of hydrogen-bond donors (Lipinski definition) is 1. The van der Waals surface area contributed by atoms with Gasteiger partial charge in [-0.25, -0.2) is 0 Å². The van der Waals surface area contributed by atoms with Gasteiger partial charge in [-0.2, -0.15) is 0 Å². The number of benzene rings is 1. The zero-order valence-electron chi connectivity index (χ0n) is 11.1. The molecule has 0 saturated heterocycles. The standard InChI is InChI=1S/C15H19BrN2/c1-4-17-9-11-7-15(10(2)3)18-14-6-5-12(16)8-13(11)14/h5-8,10,17H,4,9H2,1-3H3. The van der Waals surface area contributed by atoms with Gasteiger partial charge in [-0.05, 0) is 42.3 Å². The van der Waals surface area contributed by atoms with E-state index >= 15 is 0 Å². The fraction of sp³-hybridized carbons (Fsp3) is 0.400. The van der Waals surface area contributed by atoms with Crippen LogP contribution in [0.5, 0.6) is 0 Å². The van der Waals surface area contributed by atoms with E-state index in [1.807, 2.05) is 0 Å². The van der Waals surface area contributed by atoms with E-state index in [1.165, 1.54) is 10.9 Å². The molecule has 0 bridgehead atoms. The lowest BCUT2D eigenvalue weighted by molar-refractivity contribution is 0.726. The first-order valence-corrected chi connectivity index (χ1v) is 7.21. The van der Waals surface area contributed by atoms with Gasteiger partial charge in [0.1, 0.15) is 0 Å². The fourth-order valence-electron chi connectivity index (χ4n) is 1.99. The summed E-state index contributed by atoms with van der Waals surface area (Å²) in [6, 6.07) is 8.51. The van der Waals surface area contributed by atoms with Crippen LogP contribution < -0.4 is 5.32 Å². The monoisotopic (exact) mass is 306 g/mol. The van der Waals surface area contributed by atoms with Crippen LogP contribution in [-0.4, -0.2) is 11.5 Å². The minimum Gasteiger partial charge on any atom is -0.313 e. The number of halogens is 1. The molecule has 1 N–H and O–H groups in total. The number of hydrogen-bond acceptors (Lipinski definition) is 2. The van der Waals surface area contributed by atoms with Gasteiger partial charge in [0.05, 0.1) is 5.52 Å². The van der Waals surface area contributed by atoms with E-state index in [9.17, 15) is 0 Å². The van der Waals surface area contributed by atoms with E-state index in [0.29, 0.717) is 5.92 Å². The van der Waals surface area contributed by atoms with Gasteiger partial charge < -0.3 is 5.32 Å². The smallest absolute Gasteiger partial charge is 0.0709 e. The summed E-state index contributed by atoms with van der Waals surface area (Å²) in [6.07, 6.45) is 0. The molecule has 0 aliphatic carbocycles. The molecule has 0 radical (unpaired) electrons. The second kappa shape index (κ2) is 5.81. The van der Waals surface area contributed by atoms with Crippen LogP contribution in [0.4, 0.5) is 0 Å². The molecule has 1 heterocycles. The zero-order valence-corrected chi connectivity index (χ0v) is 12.7. The largest absolute Gasteiger partial charge is 0.313 e. The summed E-state index contributed by atoms with van der Waals surface area (Å²) in [7, 11) is 0. The predicted molar refractivity (Wildman–Crippen MR) is 80.9 cm³/mol. The molecule has 0 fully saturated rings. The summed E-state index contributed by atoms with van der Waals surface area (Å²) < 4.78 is 1.10. The molecule has 96 valence electrons. The molecule has 3 heteroatoms. The first-order chi connectivity index (χ1) is 8.61. The number of pyridine rings is 1. The molecule has 2 rings (SSSR count). The number of aromatic nitrogens is 1. The maximum atomic E-state index is 4.74. The van der Waals surface area contributed by atoms with Crippen LogP contribution in [0.2, 0.25) is 0 Å². The Bertz CT molecular complexity index is 549. The molecular weight excluding hydrogens is 288 g/mol. The maximum Gasteiger partial charge on any atom is 0.0709 e. The van der Waals surface area contributed by atoms with Gasteiger partial charge in [0.25, 0.3) is 0 Å². The Morgan fingerprint density at radius 3 is 2.72 bits per heavy atom. The zero-order chi connectivity index (χ0) is 13.1. The molecule has 18 heavy (non-hydrogen) atoms. The SMILES string of the molecule is CCNCc1cc(C(C)C)nc2ccc(Br)cc12. The first kappa shape index (κ1) is 13.5. The highest BCUT2D eigenvalue weighted by atomic mass is 79.9. The third-order valence-corrected chi connectivity index (χ3v) is 3.53. The van der Waals surface area contributed by atoms with Gasteiger partial charge in [0.15, 0.2) is 0 Å². The lowest BCUT2D eigenvalue weighted by Crippen LogP contribution is -2.13. The van der Waals surface area contributed by atoms with Crippen molar-refractivity contribution in [1.29, 1.82) is 0 Å². The van der Waals surface area contributed by atoms with Crippen LogP contribution in [0.1, 0.15) is 37.9 Å². The third kappa shape index (κ3) is 2.90. The Hall–Kier alpha value is -0.930. The fourth-order valence-corrected chi connectivity index (χ4v) is 2.35. The Morgan fingerprint density at radius 2 is 2.06 bits per heavy atom. The molecule has 2 nitrogen and oxygen atoms in total. The minimum atomic E-state index is 0.457. The Morgan fingerprint density at radius 1 is 1.28 bits per heavy atom. The van der Waals surface area contributed by atoms with E-state index in [2.05, 4.69) is 66.3 Å². The summed E-state index contributed by atoms with van der Waals surface area (Å²) in [6.45, 7) is 8.37. The summed E-state index contributed by atoms with van der Waals surface area (Å²) in [4.78, 5) is 4.74. The van der Waals surface area contributed by atoms with Crippen LogP contribution in [-0.2, 0) is 6.54 Å². The molecule has 1 aromatic carbocycles. The van der Waals surface area contributed by atoms with E-state index in [1.54, 1.807) is 0 Å². The van der Waals surface area contributed by atoms with Crippen molar-refractivity contribution in [2.45, 2.75) is 33.2 Å². The molecule has 0 atom stereocenters. The van der Waals surface area contributed by atoms with Crippen LogP contribution in [0, 0.1) is 0 Å². The highest BCUT2D eigenvalue weighted by Gasteiger charge is 2.08. The quantitative estimate of drug-likeness (QED) is 0.914. The van der Waals surface area contributed by atoms with Crippen molar-refractivity contribution < 1.29 is 0 Å². The Labute approximate surface area is 117 Å². The number of nitrogens with one attached hydrogen (secondary N) is 1. The molecule has 0 aliphatic rings. The van der Waals surface area contributed by atoms with Crippen LogP contribution in [0.3, 0.4) is 0 Å². The van der Waals surface area contributed by atoms with Gasteiger partial charge in [-0.1, -0.05) is 36.7 Å². The number of nitrogens with zero attached hydrogens (tertiary/aromatic N) is 1. The molecule has 2 aromatic rings.